The summed E-state index contributed by atoms with van der Waals surface area (Å²) in [5.41, 5.74) is 6.96. The normalized spacial score (nSPS) is 27.3. The van der Waals surface area contributed by atoms with Crippen molar-refractivity contribution in [2.45, 2.75) is 77.1 Å². The van der Waals surface area contributed by atoms with Crippen LogP contribution >= 0.6 is 0 Å². The lowest BCUT2D eigenvalue weighted by atomic mass is 9.83. The number of rotatable bonds is 11. The SMILES string of the molecule is CC[C@H](C)[C@@H]1C(=O)O[C@H]1C(=O)N[C@H]1C[C@H]1C[C@@H](CCc1ccccc1)NC(=O)[C@H](C)N. The van der Waals surface area contributed by atoms with E-state index in [0.29, 0.717) is 5.92 Å². The lowest BCUT2D eigenvalue weighted by molar-refractivity contribution is -0.193. The highest BCUT2D eigenvalue weighted by atomic mass is 16.6. The molecule has 1 aromatic carbocycles. The molecule has 0 bridgehead atoms. The molecule has 1 aromatic rings. The van der Waals surface area contributed by atoms with Gasteiger partial charge in [0.2, 0.25) is 5.91 Å². The number of nitrogens with one attached hydrogen (secondary N) is 2. The number of amides is 2. The van der Waals surface area contributed by atoms with Crippen molar-refractivity contribution in [3.05, 3.63) is 35.9 Å². The van der Waals surface area contributed by atoms with Crippen molar-refractivity contribution in [2.24, 2.45) is 23.5 Å². The second kappa shape index (κ2) is 10.3. The number of esters is 1. The van der Waals surface area contributed by atoms with Crippen molar-refractivity contribution in [1.29, 1.82) is 0 Å². The van der Waals surface area contributed by atoms with Crippen molar-refractivity contribution >= 4 is 17.8 Å². The van der Waals surface area contributed by atoms with Gasteiger partial charge in [0.05, 0.1) is 6.04 Å². The van der Waals surface area contributed by atoms with Crippen molar-refractivity contribution < 1.29 is 19.1 Å². The second-order valence-electron chi connectivity index (χ2n) is 9.13. The van der Waals surface area contributed by atoms with Crippen molar-refractivity contribution in [3.8, 4) is 0 Å². The smallest absolute Gasteiger partial charge is 0.314 e. The molecule has 1 heterocycles. The van der Waals surface area contributed by atoms with Gasteiger partial charge in [-0.1, -0.05) is 50.6 Å². The number of carbonyl (C=O) groups is 3. The Balaban J connectivity index is 1.50. The molecular formula is C24H35N3O4. The van der Waals surface area contributed by atoms with Crippen LogP contribution in [0.1, 0.15) is 52.0 Å². The third-order valence-corrected chi connectivity index (χ3v) is 6.58. The summed E-state index contributed by atoms with van der Waals surface area (Å²) in [5.74, 6) is -0.540. The first-order valence-electron chi connectivity index (χ1n) is 11.4. The van der Waals surface area contributed by atoms with Crippen molar-refractivity contribution in [1.82, 2.24) is 10.6 Å². The molecule has 4 N–H and O–H groups in total. The Kier molecular flexibility index (Phi) is 7.70. The zero-order valence-electron chi connectivity index (χ0n) is 18.7. The summed E-state index contributed by atoms with van der Waals surface area (Å²) in [7, 11) is 0. The average Bonchev–Trinajstić information content (AvgIpc) is 3.47. The molecule has 0 spiro atoms. The van der Waals surface area contributed by atoms with Gasteiger partial charge >= 0.3 is 5.97 Å². The van der Waals surface area contributed by atoms with Crippen LogP contribution in [0, 0.1) is 17.8 Å². The zero-order chi connectivity index (χ0) is 22.5. The Labute approximate surface area is 184 Å². The summed E-state index contributed by atoms with van der Waals surface area (Å²) in [6.45, 7) is 5.66. The second-order valence-corrected chi connectivity index (χ2v) is 9.13. The maximum atomic E-state index is 12.6. The number of cyclic esters (lactones) is 1. The highest BCUT2D eigenvalue weighted by molar-refractivity contribution is 5.94. The molecule has 1 aliphatic heterocycles. The minimum absolute atomic E-state index is 0.000000746. The number of hydrogen-bond donors (Lipinski definition) is 3. The van der Waals surface area contributed by atoms with Gasteiger partial charge in [-0.2, -0.15) is 0 Å². The molecular weight excluding hydrogens is 394 g/mol. The van der Waals surface area contributed by atoms with Crippen LogP contribution in [0.3, 0.4) is 0 Å². The van der Waals surface area contributed by atoms with E-state index in [1.54, 1.807) is 6.92 Å². The molecule has 0 unspecified atom stereocenters. The Hall–Kier alpha value is -2.41. The summed E-state index contributed by atoms with van der Waals surface area (Å²) >= 11 is 0. The lowest BCUT2D eigenvalue weighted by Gasteiger charge is -2.37. The fourth-order valence-corrected chi connectivity index (χ4v) is 4.21. The van der Waals surface area contributed by atoms with Gasteiger partial charge in [0.15, 0.2) is 6.10 Å². The number of carbonyl (C=O) groups excluding carboxylic acids is 3. The lowest BCUT2D eigenvalue weighted by Crippen LogP contribution is -2.56. The molecule has 0 radical (unpaired) electrons. The van der Waals surface area contributed by atoms with Gasteiger partial charge in [-0.3, -0.25) is 14.4 Å². The molecule has 1 saturated carbocycles. The predicted molar refractivity (Wildman–Crippen MR) is 118 cm³/mol. The summed E-state index contributed by atoms with van der Waals surface area (Å²) < 4.78 is 5.13. The van der Waals surface area contributed by atoms with Crippen LogP contribution in [0.5, 0.6) is 0 Å². The van der Waals surface area contributed by atoms with E-state index in [0.717, 1.165) is 32.1 Å². The van der Waals surface area contributed by atoms with Gasteiger partial charge in [-0.05, 0) is 50.0 Å². The monoisotopic (exact) mass is 429 g/mol. The molecule has 7 heteroatoms. The maximum absolute atomic E-state index is 12.6. The Morgan fingerprint density at radius 1 is 1.23 bits per heavy atom. The standard InChI is InChI=1S/C24H35N3O4/c1-4-14(2)20-21(31-24(20)30)23(29)27-19-13-17(19)12-18(26-22(28)15(3)25)11-10-16-8-6-5-7-9-16/h5-9,14-15,17-21H,4,10-13,25H2,1-3H3,(H,26,28)(H,27,29)/t14-,15-,17+,18+,19-,20-,21+/m0/s1. The van der Waals surface area contributed by atoms with E-state index in [-0.39, 0.29) is 41.7 Å². The molecule has 7 atom stereocenters. The fraction of sp³-hybridized carbons (Fsp3) is 0.625. The third-order valence-electron chi connectivity index (χ3n) is 6.58. The van der Waals surface area contributed by atoms with E-state index in [2.05, 4.69) is 22.8 Å². The number of aryl methyl sites for hydroxylation is 1. The van der Waals surface area contributed by atoms with Crippen LogP contribution in [0.4, 0.5) is 0 Å². The van der Waals surface area contributed by atoms with E-state index >= 15 is 0 Å². The van der Waals surface area contributed by atoms with Gasteiger partial charge in [-0.15, -0.1) is 0 Å². The van der Waals surface area contributed by atoms with Crippen molar-refractivity contribution in [3.63, 3.8) is 0 Å². The molecule has 1 saturated heterocycles. The van der Waals surface area contributed by atoms with Crippen LogP contribution in [0.15, 0.2) is 30.3 Å². The minimum atomic E-state index is -0.671. The quantitative estimate of drug-likeness (QED) is 0.466. The van der Waals surface area contributed by atoms with E-state index in [1.165, 1.54) is 5.56 Å². The van der Waals surface area contributed by atoms with E-state index < -0.39 is 12.1 Å². The number of ether oxygens (including phenoxy) is 1. The van der Waals surface area contributed by atoms with Gasteiger partial charge in [0.1, 0.15) is 5.92 Å². The van der Waals surface area contributed by atoms with Crippen LogP contribution < -0.4 is 16.4 Å². The van der Waals surface area contributed by atoms with Gasteiger partial charge in [-0.25, -0.2) is 0 Å². The van der Waals surface area contributed by atoms with E-state index in [1.807, 2.05) is 32.0 Å². The summed E-state index contributed by atoms with van der Waals surface area (Å²) in [6.07, 6.45) is 3.50. The molecule has 2 amide bonds. The van der Waals surface area contributed by atoms with Crippen LogP contribution in [-0.2, 0) is 25.5 Å². The molecule has 2 aliphatic rings. The first kappa shape index (κ1) is 23.3. The summed E-state index contributed by atoms with van der Waals surface area (Å²) in [5, 5.41) is 6.10. The van der Waals surface area contributed by atoms with Crippen LogP contribution in [-0.4, -0.2) is 42.0 Å². The Bertz CT molecular complexity index is 782. The largest absolute Gasteiger partial charge is 0.451 e. The molecule has 3 rings (SSSR count). The summed E-state index contributed by atoms with van der Waals surface area (Å²) in [4.78, 5) is 36.5. The first-order valence-corrected chi connectivity index (χ1v) is 11.4. The van der Waals surface area contributed by atoms with Crippen LogP contribution in [0.2, 0.25) is 0 Å². The van der Waals surface area contributed by atoms with Crippen LogP contribution in [0.25, 0.3) is 0 Å². The maximum Gasteiger partial charge on any atom is 0.314 e. The van der Waals surface area contributed by atoms with E-state index in [4.69, 9.17) is 10.5 Å². The molecule has 31 heavy (non-hydrogen) atoms. The molecule has 2 fully saturated rings. The average molecular weight is 430 g/mol. The van der Waals surface area contributed by atoms with Gasteiger partial charge in [0.25, 0.3) is 5.91 Å². The first-order chi connectivity index (χ1) is 14.8. The topological polar surface area (TPSA) is 111 Å². The molecule has 170 valence electrons. The zero-order valence-corrected chi connectivity index (χ0v) is 18.7. The minimum Gasteiger partial charge on any atom is -0.451 e. The number of hydrogen-bond acceptors (Lipinski definition) is 5. The fourth-order valence-electron chi connectivity index (χ4n) is 4.21. The highest BCUT2D eigenvalue weighted by Gasteiger charge is 2.51. The summed E-state index contributed by atoms with van der Waals surface area (Å²) in [6, 6.07) is 9.68. The Morgan fingerprint density at radius 3 is 2.55 bits per heavy atom. The number of nitrogens with two attached hydrogens (primary N) is 1. The van der Waals surface area contributed by atoms with Gasteiger partial charge < -0.3 is 21.1 Å². The number of benzene rings is 1. The van der Waals surface area contributed by atoms with Crippen molar-refractivity contribution in [2.75, 3.05) is 0 Å². The molecule has 7 nitrogen and oxygen atoms in total. The Morgan fingerprint density at radius 2 is 1.94 bits per heavy atom. The van der Waals surface area contributed by atoms with E-state index in [9.17, 15) is 14.4 Å². The molecule has 0 aromatic heterocycles. The predicted octanol–water partition coefficient (Wildman–Crippen LogP) is 1.93. The van der Waals surface area contributed by atoms with Gasteiger partial charge in [0, 0.05) is 12.1 Å². The molecule has 1 aliphatic carbocycles. The third kappa shape index (κ3) is 6.06. The highest BCUT2D eigenvalue weighted by Crippen LogP contribution is 2.37.